The summed E-state index contributed by atoms with van der Waals surface area (Å²) in [4.78, 5) is 59.4. The van der Waals surface area contributed by atoms with E-state index in [1.807, 2.05) is 27.7 Å². The van der Waals surface area contributed by atoms with Crippen LogP contribution in [0.2, 0.25) is 0 Å². The molecule has 2 aliphatic heterocycles. The number of hydrogen-bond acceptors (Lipinski definition) is 4. The van der Waals surface area contributed by atoms with Gasteiger partial charge in [-0.1, -0.05) is 49.9 Å². The fourth-order valence-corrected chi connectivity index (χ4v) is 8.95. The number of carbonyl (C=O) groups is 4. The van der Waals surface area contributed by atoms with E-state index in [9.17, 15) is 19.2 Å². The van der Waals surface area contributed by atoms with Crippen molar-refractivity contribution in [3.8, 4) is 0 Å². The van der Waals surface area contributed by atoms with Gasteiger partial charge in [0.05, 0.1) is 11.4 Å². The predicted molar refractivity (Wildman–Crippen MR) is 180 cm³/mol. The molecule has 8 rings (SSSR count). The van der Waals surface area contributed by atoms with E-state index in [1.54, 1.807) is 24.3 Å². The zero-order chi connectivity index (χ0) is 32.0. The molecule has 46 heavy (non-hydrogen) atoms. The smallest absolute Gasteiger partial charge is 0.266 e. The molecule has 0 spiro atoms. The third-order valence-corrected chi connectivity index (χ3v) is 11.0. The molecule has 2 aliphatic carbocycles. The lowest BCUT2D eigenvalue weighted by Crippen LogP contribution is -2.44. The van der Waals surface area contributed by atoms with Crippen molar-refractivity contribution < 1.29 is 19.2 Å². The van der Waals surface area contributed by atoms with Gasteiger partial charge in [-0.25, -0.2) is 9.80 Å². The normalized spacial score (nSPS) is 18.5. The molecule has 0 bridgehead atoms. The molecule has 0 unspecified atom stereocenters. The first-order valence-electron chi connectivity index (χ1n) is 16.7. The van der Waals surface area contributed by atoms with Crippen LogP contribution in [0.25, 0.3) is 10.8 Å². The van der Waals surface area contributed by atoms with E-state index in [0.717, 1.165) is 22.3 Å². The highest BCUT2D eigenvalue weighted by molar-refractivity contribution is 6.42. The van der Waals surface area contributed by atoms with Crippen LogP contribution in [0.1, 0.15) is 138 Å². The summed E-state index contributed by atoms with van der Waals surface area (Å²) in [5, 5.41) is 0.788. The Morgan fingerprint density at radius 1 is 0.457 bits per heavy atom. The Morgan fingerprint density at radius 3 is 0.978 bits per heavy atom. The molecule has 4 aromatic rings. The second-order valence-electron chi connectivity index (χ2n) is 13.9. The lowest BCUT2D eigenvalue weighted by atomic mass is 9.84. The van der Waals surface area contributed by atoms with E-state index in [4.69, 9.17) is 0 Å². The highest BCUT2D eigenvalue weighted by Gasteiger charge is 2.42. The van der Waals surface area contributed by atoms with Crippen molar-refractivity contribution in [1.82, 2.24) is 0 Å². The number of aryl methyl sites for hydroxylation is 4. The van der Waals surface area contributed by atoms with Gasteiger partial charge in [0.1, 0.15) is 0 Å². The largest absolute Gasteiger partial charge is 0.268 e. The molecule has 4 amide bonds. The molecule has 2 heterocycles. The second-order valence-corrected chi connectivity index (χ2v) is 13.9. The number of amides is 4. The topological polar surface area (TPSA) is 74.8 Å². The maximum absolute atomic E-state index is 14.2. The Morgan fingerprint density at radius 2 is 0.717 bits per heavy atom. The van der Waals surface area contributed by atoms with Gasteiger partial charge >= 0.3 is 0 Å². The third-order valence-electron chi connectivity index (χ3n) is 11.0. The molecule has 2 saturated carbocycles. The van der Waals surface area contributed by atoms with Gasteiger partial charge in [0, 0.05) is 33.0 Å². The van der Waals surface area contributed by atoms with Crippen LogP contribution >= 0.6 is 0 Å². The summed E-state index contributed by atoms with van der Waals surface area (Å²) >= 11 is 0. The zero-order valence-electron chi connectivity index (χ0n) is 27.0. The Labute approximate surface area is 269 Å². The molecule has 6 heteroatoms. The Hall–Kier alpha value is -4.58. The summed E-state index contributed by atoms with van der Waals surface area (Å²) in [6.45, 7) is 7.86. The summed E-state index contributed by atoms with van der Waals surface area (Å²) in [5.74, 6) is -0.697. The number of hydrogen-bond donors (Lipinski definition) is 0. The van der Waals surface area contributed by atoms with Crippen LogP contribution in [-0.2, 0) is 0 Å². The lowest BCUT2D eigenvalue weighted by Gasteiger charge is -2.34. The van der Waals surface area contributed by atoms with Crippen molar-refractivity contribution in [2.24, 2.45) is 0 Å². The van der Waals surface area contributed by atoms with Crippen molar-refractivity contribution in [2.75, 3.05) is 9.80 Å². The molecule has 6 nitrogen and oxygen atoms in total. The van der Waals surface area contributed by atoms with Crippen LogP contribution in [-0.4, -0.2) is 23.6 Å². The van der Waals surface area contributed by atoms with Crippen molar-refractivity contribution >= 4 is 45.8 Å². The lowest BCUT2D eigenvalue weighted by molar-refractivity contribution is 0.0872. The Kier molecular flexibility index (Phi) is 6.58. The van der Waals surface area contributed by atoms with Crippen molar-refractivity contribution in [1.29, 1.82) is 0 Å². The van der Waals surface area contributed by atoms with Gasteiger partial charge in [0.25, 0.3) is 23.6 Å². The van der Waals surface area contributed by atoms with Gasteiger partial charge < -0.3 is 0 Å². The molecule has 4 aromatic carbocycles. The molecule has 0 N–H and O–H groups in total. The van der Waals surface area contributed by atoms with Crippen LogP contribution in [0.15, 0.2) is 48.5 Å². The van der Waals surface area contributed by atoms with E-state index in [2.05, 4.69) is 24.3 Å². The van der Waals surface area contributed by atoms with Crippen LogP contribution in [0.3, 0.4) is 0 Å². The van der Waals surface area contributed by atoms with E-state index < -0.39 is 23.6 Å². The SMILES string of the molecule is Cc1cc(C2CCCC2)cc(C)c1N1C(=O)c2ccc3c4c(ccc(c24)C1=O)C(=O)N(c1c(C)cc(C2CCCC2)cc1C)C3=O. The predicted octanol–water partition coefficient (Wildman–Crippen LogP) is 8.99. The Bertz CT molecular complexity index is 1780. The number of nitrogens with zero attached hydrogens (tertiary/aromatic N) is 2. The average molecular weight is 611 g/mol. The number of rotatable bonds is 4. The van der Waals surface area contributed by atoms with Gasteiger partial charge in [-0.15, -0.1) is 0 Å². The molecule has 0 radical (unpaired) electrons. The first kappa shape index (κ1) is 28.9. The first-order chi connectivity index (χ1) is 22.2. The van der Waals surface area contributed by atoms with Gasteiger partial charge in [-0.2, -0.15) is 0 Å². The molecule has 0 aromatic heterocycles. The van der Waals surface area contributed by atoms with Crippen molar-refractivity contribution in [2.45, 2.75) is 90.9 Å². The first-order valence-corrected chi connectivity index (χ1v) is 16.7. The summed E-state index contributed by atoms with van der Waals surface area (Å²) in [7, 11) is 0. The highest BCUT2D eigenvalue weighted by atomic mass is 16.2. The molecule has 0 atom stereocenters. The average Bonchev–Trinajstić information content (AvgIpc) is 3.77. The molecular formula is C40H38N2O4. The maximum atomic E-state index is 14.2. The van der Waals surface area contributed by atoms with Crippen LogP contribution in [0.5, 0.6) is 0 Å². The van der Waals surface area contributed by atoms with E-state index >= 15 is 0 Å². The summed E-state index contributed by atoms with van der Waals surface area (Å²) in [6.07, 6.45) is 9.58. The van der Waals surface area contributed by atoms with E-state index in [-0.39, 0.29) is 0 Å². The van der Waals surface area contributed by atoms with Crippen molar-refractivity contribution in [3.63, 3.8) is 0 Å². The minimum Gasteiger partial charge on any atom is -0.268 e. The highest BCUT2D eigenvalue weighted by Crippen LogP contribution is 2.44. The molecule has 4 aliphatic rings. The molecule has 2 fully saturated rings. The van der Waals surface area contributed by atoms with Gasteiger partial charge in [-0.05, 0) is 123 Å². The van der Waals surface area contributed by atoms with Crippen molar-refractivity contribution in [3.05, 3.63) is 104 Å². The molecule has 232 valence electrons. The van der Waals surface area contributed by atoms with Crippen LogP contribution in [0, 0.1) is 27.7 Å². The number of imide groups is 2. The fraction of sp³-hybridized carbons (Fsp3) is 0.350. The number of benzene rings is 4. The fourth-order valence-electron chi connectivity index (χ4n) is 8.95. The minimum absolute atomic E-state index is 0.330. The number of carbonyl (C=O) groups excluding carboxylic acids is 4. The van der Waals surface area contributed by atoms with Gasteiger partial charge in [0.2, 0.25) is 0 Å². The van der Waals surface area contributed by atoms with Crippen LogP contribution in [0.4, 0.5) is 11.4 Å². The maximum Gasteiger partial charge on any atom is 0.266 e. The summed E-state index contributed by atoms with van der Waals surface area (Å²) < 4.78 is 0. The minimum atomic E-state index is -0.433. The molecule has 0 saturated heterocycles. The summed E-state index contributed by atoms with van der Waals surface area (Å²) in [6, 6.07) is 15.1. The zero-order valence-corrected chi connectivity index (χ0v) is 27.0. The molecular weight excluding hydrogens is 572 g/mol. The van der Waals surface area contributed by atoms with E-state index in [1.165, 1.54) is 72.3 Å². The van der Waals surface area contributed by atoms with Gasteiger partial charge in [0.15, 0.2) is 0 Å². The monoisotopic (exact) mass is 610 g/mol. The van der Waals surface area contributed by atoms with Crippen LogP contribution < -0.4 is 9.80 Å². The van der Waals surface area contributed by atoms with Gasteiger partial charge in [-0.3, -0.25) is 19.2 Å². The standard InChI is InChI=1S/C40H38N2O4/c1-21-17-27(25-9-5-6-10-25)18-22(2)35(21)41-37(43)29-13-15-31-34-32(16-14-30(33(29)34)38(41)44)40(46)42(39(31)45)36-23(3)19-28(20-24(36)4)26-11-7-8-12-26/h13-20,25-26H,5-12H2,1-4H3. The quantitative estimate of drug-likeness (QED) is 0.216. The summed E-state index contributed by atoms with van der Waals surface area (Å²) in [5.41, 5.74) is 8.65. The second kappa shape index (κ2) is 10.5. The Balaban J connectivity index is 1.21. The van der Waals surface area contributed by atoms with E-state index in [0.29, 0.717) is 56.2 Å². The third kappa shape index (κ3) is 4.08. The number of anilines is 2.